The van der Waals surface area contributed by atoms with Crippen LogP contribution in [0.3, 0.4) is 0 Å². The van der Waals surface area contributed by atoms with Gasteiger partial charge >= 0.3 is 5.97 Å². The molecule has 2 atom stereocenters. The standard InChI is InChI=1S/C20H30N2O4/c1-3-5-10-21-16(23)12-15-13-20(19(25)26-4-2)9-8-14-7-6-11-22(17(14)20)18(15)24/h15H,3-13H2,1-2H3,(H,21,23)/t15-,20-/m1/s1. The summed E-state index contributed by atoms with van der Waals surface area (Å²) in [6.07, 6.45) is 5.95. The lowest BCUT2D eigenvalue weighted by molar-refractivity contribution is -0.161. The van der Waals surface area contributed by atoms with Crippen LogP contribution in [0.5, 0.6) is 0 Å². The van der Waals surface area contributed by atoms with Gasteiger partial charge in [-0.05, 0) is 51.0 Å². The van der Waals surface area contributed by atoms with Crippen molar-refractivity contribution in [2.24, 2.45) is 11.3 Å². The molecule has 3 rings (SSSR count). The average Bonchev–Trinajstić information content (AvgIpc) is 3.01. The largest absolute Gasteiger partial charge is 0.465 e. The van der Waals surface area contributed by atoms with Crippen molar-refractivity contribution in [3.63, 3.8) is 0 Å². The molecule has 2 amide bonds. The lowest BCUT2D eigenvalue weighted by Crippen LogP contribution is -2.53. The number of nitrogens with zero attached hydrogens (tertiary/aromatic N) is 1. The molecular weight excluding hydrogens is 332 g/mol. The molecule has 3 aliphatic rings. The molecule has 0 saturated carbocycles. The van der Waals surface area contributed by atoms with Gasteiger partial charge in [-0.2, -0.15) is 0 Å². The van der Waals surface area contributed by atoms with E-state index in [2.05, 4.69) is 12.2 Å². The Morgan fingerprint density at radius 2 is 2.12 bits per heavy atom. The van der Waals surface area contributed by atoms with Crippen LogP contribution in [-0.2, 0) is 19.1 Å². The fourth-order valence-corrected chi connectivity index (χ4v) is 4.75. The summed E-state index contributed by atoms with van der Waals surface area (Å²) in [5, 5.41) is 2.90. The number of rotatable bonds is 7. The molecule has 1 saturated heterocycles. The van der Waals surface area contributed by atoms with Crippen molar-refractivity contribution >= 4 is 17.8 Å². The minimum Gasteiger partial charge on any atom is -0.465 e. The fraction of sp³-hybridized carbons (Fsp3) is 0.750. The second kappa shape index (κ2) is 7.80. The zero-order valence-corrected chi connectivity index (χ0v) is 15.9. The van der Waals surface area contributed by atoms with Crippen LogP contribution in [0.2, 0.25) is 0 Å². The predicted molar refractivity (Wildman–Crippen MR) is 96.9 cm³/mol. The van der Waals surface area contributed by atoms with Crippen LogP contribution in [0.1, 0.15) is 65.2 Å². The summed E-state index contributed by atoms with van der Waals surface area (Å²) in [7, 11) is 0. The summed E-state index contributed by atoms with van der Waals surface area (Å²) in [4.78, 5) is 40.0. The first-order valence-corrected chi connectivity index (χ1v) is 10.0. The summed E-state index contributed by atoms with van der Waals surface area (Å²) >= 11 is 0. The Morgan fingerprint density at radius 3 is 2.85 bits per heavy atom. The minimum absolute atomic E-state index is 0.00432. The fourth-order valence-electron chi connectivity index (χ4n) is 4.75. The topological polar surface area (TPSA) is 75.7 Å². The monoisotopic (exact) mass is 362 g/mol. The maximum absolute atomic E-state index is 13.0. The van der Waals surface area contributed by atoms with Crippen LogP contribution in [0.25, 0.3) is 0 Å². The number of carbonyl (C=O) groups is 3. The van der Waals surface area contributed by atoms with Gasteiger partial charge in [0.25, 0.3) is 0 Å². The molecule has 0 bridgehead atoms. The van der Waals surface area contributed by atoms with Crippen molar-refractivity contribution in [3.05, 3.63) is 11.3 Å². The van der Waals surface area contributed by atoms with E-state index in [4.69, 9.17) is 4.74 Å². The van der Waals surface area contributed by atoms with Gasteiger partial charge in [0, 0.05) is 31.1 Å². The third kappa shape index (κ3) is 3.26. The molecule has 6 heteroatoms. The molecule has 1 fully saturated rings. The van der Waals surface area contributed by atoms with Crippen LogP contribution in [0.4, 0.5) is 0 Å². The highest BCUT2D eigenvalue weighted by atomic mass is 16.5. The van der Waals surface area contributed by atoms with Crippen LogP contribution >= 0.6 is 0 Å². The molecule has 0 radical (unpaired) electrons. The number of esters is 1. The molecule has 2 heterocycles. The van der Waals surface area contributed by atoms with Crippen LogP contribution in [0, 0.1) is 11.3 Å². The van der Waals surface area contributed by atoms with E-state index in [1.807, 2.05) is 6.92 Å². The van der Waals surface area contributed by atoms with Crippen molar-refractivity contribution in [1.82, 2.24) is 10.2 Å². The minimum atomic E-state index is -0.728. The number of piperidine rings is 1. The Labute approximate surface area is 155 Å². The van der Waals surface area contributed by atoms with Gasteiger partial charge in [-0.1, -0.05) is 13.3 Å². The third-order valence-corrected chi connectivity index (χ3v) is 5.93. The van der Waals surface area contributed by atoms with Gasteiger partial charge in [0.2, 0.25) is 11.8 Å². The second-order valence-corrected chi connectivity index (χ2v) is 7.66. The molecule has 1 aliphatic carbocycles. The maximum atomic E-state index is 13.0. The number of unbranched alkanes of at least 4 members (excludes halogenated alkanes) is 1. The maximum Gasteiger partial charge on any atom is 0.318 e. The lowest BCUT2D eigenvalue weighted by Gasteiger charge is -2.45. The van der Waals surface area contributed by atoms with Crippen LogP contribution in [0.15, 0.2) is 11.3 Å². The predicted octanol–water partition coefficient (Wildman–Crippen LogP) is 2.53. The zero-order valence-electron chi connectivity index (χ0n) is 15.9. The molecular formula is C20H30N2O4. The molecule has 144 valence electrons. The van der Waals surface area contributed by atoms with Crippen molar-refractivity contribution in [3.8, 4) is 0 Å². The number of amides is 2. The summed E-state index contributed by atoms with van der Waals surface area (Å²) in [5.41, 5.74) is 1.42. The van der Waals surface area contributed by atoms with E-state index < -0.39 is 11.3 Å². The highest BCUT2D eigenvalue weighted by molar-refractivity contribution is 5.93. The van der Waals surface area contributed by atoms with E-state index in [-0.39, 0.29) is 24.2 Å². The Kier molecular flexibility index (Phi) is 5.68. The number of carbonyl (C=O) groups excluding carboxylic acids is 3. The summed E-state index contributed by atoms with van der Waals surface area (Å²) in [5.74, 6) is -0.758. The van der Waals surface area contributed by atoms with Gasteiger partial charge in [-0.25, -0.2) is 0 Å². The summed E-state index contributed by atoms with van der Waals surface area (Å²) < 4.78 is 5.41. The van der Waals surface area contributed by atoms with Crippen LogP contribution in [-0.4, -0.2) is 42.4 Å². The summed E-state index contributed by atoms with van der Waals surface area (Å²) in [6, 6.07) is 0. The molecule has 0 aromatic carbocycles. The third-order valence-electron chi connectivity index (χ3n) is 5.93. The van der Waals surface area contributed by atoms with Gasteiger partial charge in [-0.15, -0.1) is 0 Å². The molecule has 2 aliphatic heterocycles. The van der Waals surface area contributed by atoms with Gasteiger partial charge < -0.3 is 15.0 Å². The smallest absolute Gasteiger partial charge is 0.318 e. The first kappa shape index (κ1) is 18.9. The molecule has 0 aromatic rings. The Bertz CT molecular complexity index is 627. The van der Waals surface area contributed by atoms with Crippen molar-refractivity contribution in [1.29, 1.82) is 0 Å². The summed E-state index contributed by atoms with van der Waals surface area (Å²) in [6.45, 7) is 5.50. The Balaban J connectivity index is 1.82. The zero-order chi connectivity index (χ0) is 18.7. The first-order chi connectivity index (χ1) is 12.5. The van der Waals surface area contributed by atoms with E-state index in [9.17, 15) is 14.4 Å². The highest BCUT2D eigenvalue weighted by Gasteiger charge is 2.57. The van der Waals surface area contributed by atoms with E-state index >= 15 is 0 Å². The van der Waals surface area contributed by atoms with Gasteiger partial charge in [0.1, 0.15) is 5.41 Å². The molecule has 0 spiro atoms. The Morgan fingerprint density at radius 1 is 1.31 bits per heavy atom. The van der Waals surface area contributed by atoms with Crippen LogP contribution < -0.4 is 5.32 Å². The van der Waals surface area contributed by atoms with Crippen molar-refractivity contribution in [2.45, 2.75) is 65.2 Å². The van der Waals surface area contributed by atoms with Gasteiger partial charge in [0.05, 0.1) is 6.61 Å². The molecule has 6 nitrogen and oxygen atoms in total. The van der Waals surface area contributed by atoms with Gasteiger partial charge in [-0.3, -0.25) is 14.4 Å². The first-order valence-electron chi connectivity index (χ1n) is 10.0. The number of nitrogens with one attached hydrogen (secondary N) is 1. The lowest BCUT2D eigenvalue weighted by atomic mass is 9.71. The van der Waals surface area contributed by atoms with E-state index in [1.54, 1.807) is 4.90 Å². The number of allylic oxidation sites excluding steroid dienone is 1. The molecule has 0 unspecified atom stereocenters. The van der Waals surface area contributed by atoms with E-state index in [1.165, 1.54) is 5.57 Å². The van der Waals surface area contributed by atoms with Gasteiger partial charge in [0.15, 0.2) is 0 Å². The number of hydrogen-bond donors (Lipinski definition) is 1. The molecule has 26 heavy (non-hydrogen) atoms. The highest BCUT2D eigenvalue weighted by Crippen LogP contribution is 2.55. The van der Waals surface area contributed by atoms with Crippen molar-refractivity contribution < 1.29 is 19.1 Å². The van der Waals surface area contributed by atoms with E-state index in [0.29, 0.717) is 32.5 Å². The Hall–Kier alpha value is -1.85. The quantitative estimate of drug-likeness (QED) is 0.558. The molecule has 0 aromatic heterocycles. The normalized spacial score (nSPS) is 27.4. The molecule has 1 N–H and O–H groups in total. The number of hydrogen-bond acceptors (Lipinski definition) is 4. The van der Waals surface area contributed by atoms with Crippen molar-refractivity contribution in [2.75, 3.05) is 19.7 Å². The van der Waals surface area contributed by atoms with E-state index in [0.717, 1.165) is 37.8 Å². The SMILES string of the molecule is CCCCNC(=O)C[C@@H]1C[C@]2(C(=O)OCC)CCC3=C2N(CCC3)C1=O. The average molecular weight is 362 g/mol. The number of ether oxygens (including phenoxy) is 1. The second-order valence-electron chi connectivity index (χ2n) is 7.66.